The first kappa shape index (κ1) is 27.5. The first-order chi connectivity index (χ1) is 16.8. The lowest BCUT2D eigenvalue weighted by atomic mass is 9.95. The third-order valence-corrected chi connectivity index (χ3v) is 7.60. The quantitative estimate of drug-likeness (QED) is 0.343. The van der Waals surface area contributed by atoms with Crippen LogP contribution in [-0.4, -0.2) is 35.4 Å². The van der Waals surface area contributed by atoms with E-state index in [-0.39, 0.29) is 31.0 Å². The van der Waals surface area contributed by atoms with E-state index in [1.165, 1.54) is 12.0 Å². The Labute approximate surface area is 222 Å². The standard InChI is InChI=1S/C28H36BrClN2O3/c1-4-25(28(34)31-22-11-6-5-7-12-22)32(17-21-10-8-9-13-24(21)30)27(33)18-35-26-15-14-20(19(2)3)16-23(26)29/h8-10,13-16,19,22,25H,4-7,11-12,17-18H2,1-3H3,(H,31,34)/t25-/m1/s1. The van der Waals surface area contributed by atoms with E-state index in [1.807, 2.05) is 43.3 Å². The van der Waals surface area contributed by atoms with Crippen molar-refractivity contribution in [3.05, 3.63) is 63.1 Å². The zero-order chi connectivity index (χ0) is 25.4. The molecule has 0 radical (unpaired) electrons. The molecular weight excluding hydrogens is 528 g/mol. The first-order valence-electron chi connectivity index (χ1n) is 12.6. The third kappa shape index (κ3) is 7.71. The van der Waals surface area contributed by atoms with E-state index in [1.54, 1.807) is 11.0 Å². The molecule has 0 aromatic heterocycles. The maximum absolute atomic E-state index is 13.5. The predicted molar refractivity (Wildman–Crippen MR) is 145 cm³/mol. The molecule has 0 saturated heterocycles. The van der Waals surface area contributed by atoms with Crippen LogP contribution in [0.5, 0.6) is 5.75 Å². The fourth-order valence-electron chi connectivity index (χ4n) is 4.49. The van der Waals surface area contributed by atoms with Crippen molar-refractivity contribution in [2.75, 3.05) is 6.61 Å². The van der Waals surface area contributed by atoms with E-state index in [9.17, 15) is 9.59 Å². The first-order valence-corrected chi connectivity index (χ1v) is 13.7. The maximum Gasteiger partial charge on any atom is 0.261 e. The molecule has 7 heteroatoms. The molecule has 1 aliphatic rings. The largest absolute Gasteiger partial charge is 0.483 e. The molecule has 1 aliphatic carbocycles. The molecule has 1 N–H and O–H groups in total. The lowest BCUT2D eigenvalue weighted by molar-refractivity contribution is -0.143. The Hall–Kier alpha value is -2.05. The average molecular weight is 564 g/mol. The highest BCUT2D eigenvalue weighted by Crippen LogP contribution is 2.29. The summed E-state index contributed by atoms with van der Waals surface area (Å²) in [5.74, 6) is 0.624. The molecule has 35 heavy (non-hydrogen) atoms. The molecule has 2 aromatic rings. The van der Waals surface area contributed by atoms with Crippen molar-refractivity contribution < 1.29 is 14.3 Å². The Morgan fingerprint density at radius 2 is 1.86 bits per heavy atom. The number of carbonyl (C=O) groups is 2. The molecular formula is C28H36BrClN2O3. The van der Waals surface area contributed by atoms with Crippen molar-refractivity contribution in [1.29, 1.82) is 0 Å². The van der Waals surface area contributed by atoms with Crippen molar-refractivity contribution in [3.8, 4) is 5.75 Å². The number of amides is 2. The topological polar surface area (TPSA) is 58.6 Å². The summed E-state index contributed by atoms with van der Waals surface area (Å²) in [6, 6.07) is 12.9. The molecule has 0 spiro atoms. The van der Waals surface area contributed by atoms with Gasteiger partial charge in [-0.3, -0.25) is 9.59 Å². The van der Waals surface area contributed by atoms with Crippen molar-refractivity contribution in [3.63, 3.8) is 0 Å². The van der Waals surface area contributed by atoms with Gasteiger partial charge in [0.25, 0.3) is 5.91 Å². The molecule has 0 heterocycles. The highest BCUT2D eigenvalue weighted by molar-refractivity contribution is 9.10. The fourth-order valence-corrected chi connectivity index (χ4v) is 5.20. The van der Waals surface area contributed by atoms with Gasteiger partial charge in [-0.05, 0) is 70.4 Å². The maximum atomic E-state index is 13.5. The molecule has 190 valence electrons. The number of halogens is 2. The second-order valence-electron chi connectivity index (χ2n) is 9.51. The summed E-state index contributed by atoms with van der Waals surface area (Å²) >= 11 is 9.97. The number of nitrogens with one attached hydrogen (secondary N) is 1. The van der Waals surface area contributed by atoms with Gasteiger partial charge in [0.2, 0.25) is 5.91 Å². The zero-order valence-corrected chi connectivity index (χ0v) is 23.2. The van der Waals surface area contributed by atoms with Crippen LogP contribution in [0.15, 0.2) is 46.9 Å². The number of hydrogen-bond acceptors (Lipinski definition) is 3. The van der Waals surface area contributed by atoms with Crippen LogP contribution in [0.1, 0.15) is 76.3 Å². The summed E-state index contributed by atoms with van der Waals surface area (Å²) in [6.45, 7) is 6.26. The number of nitrogens with zero attached hydrogens (tertiary/aromatic N) is 1. The highest BCUT2D eigenvalue weighted by atomic mass is 79.9. The molecule has 1 fully saturated rings. The molecule has 0 unspecified atom stereocenters. The summed E-state index contributed by atoms with van der Waals surface area (Å²) in [6.07, 6.45) is 5.95. The van der Waals surface area contributed by atoms with E-state index < -0.39 is 6.04 Å². The number of hydrogen-bond donors (Lipinski definition) is 1. The lowest BCUT2D eigenvalue weighted by Crippen LogP contribution is -2.52. The van der Waals surface area contributed by atoms with Gasteiger partial charge in [-0.1, -0.05) is 75.9 Å². The monoisotopic (exact) mass is 562 g/mol. The molecule has 2 amide bonds. The van der Waals surface area contributed by atoms with Crippen molar-refractivity contribution in [1.82, 2.24) is 10.2 Å². The van der Waals surface area contributed by atoms with E-state index in [2.05, 4.69) is 35.1 Å². The number of rotatable bonds is 10. The van der Waals surface area contributed by atoms with Gasteiger partial charge in [-0.15, -0.1) is 0 Å². The van der Waals surface area contributed by atoms with E-state index in [4.69, 9.17) is 16.3 Å². The number of ether oxygens (including phenoxy) is 1. The molecule has 1 saturated carbocycles. The number of carbonyl (C=O) groups excluding carboxylic acids is 2. The minimum atomic E-state index is -0.601. The smallest absolute Gasteiger partial charge is 0.261 e. The van der Waals surface area contributed by atoms with Gasteiger partial charge in [-0.2, -0.15) is 0 Å². The minimum Gasteiger partial charge on any atom is -0.483 e. The van der Waals surface area contributed by atoms with Crippen molar-refractivity contribution >= 4 is 39.3 Å². The predicted octanol–water partition coefficient (Wildman–Crippen LogP) is 6.86. The van der Waals surface area contributed by atoms with E-state index in [0.717, 1.165) is 35.7 Å². The van der Waals surface area contributed by atoms with Crippen molar-refractivity contribution in [2.45, 2.75) is 83.8 Å². The van der Waals surface area contributed by atoms with Crippen LogP contribution in [-0.2, 0) is 16.1 Å². The summed E-state index contributed by atoms with van der Waals surface area (Å²) in [7, 11) is 0. The van der Waals surface area contributed by atoms with Gasteiger partial charge in [0.05, 0.1) is 4.47 Å². The van der Waals surface area contributed by atoms with Gasteiger partial charge in [-0.25, -0.2) is 0 Å². The van der Waals surface area contributed by atoms with Gasteiger partial charge in [0.15, 0.2) is 6.61 Å². The Bertz CT molecular complexity index is 1010. The fraction of sp³-hybridized carbons (Fsp3) is 0.500. The molecule has 5 nitrogen and oxygen atoms in total. The van der Waals surface area contributed by atoms with Gasteiger partial charge in [0.1, 0.15) is 11.8 Å². The molecule has 1 atom stereocenters. The Kier molecular flexibility index (Phi) is 10.5. The summed E-state index contributed by atoms with van der Waals surface area (Å²) in [5.41, 5.74) is 1.98. The average Bonchev–Trinajstić information content (AvgIpc) is 2.84. The summed E-state index contributed by atoms with van der Waals surface area (Å²) in [5, 5.41) is 3.76. The van der Waals surface area contributed by atoms with E-state index >= 15 is 0 Å². The van der Waals surface area contributed by atoms with Gasteiger partial charge < -0.3 is 15.0 Å². The molecule has 0 bridgehead atoms. The highest BCUT2D eigenvalue weighted by Gasteiger charge is 2.31. The minimum absolute atomic E-state index is 0.109. The van der Waals surface area contributed by atoms with Crippen LogP contribution >= 0.6 is 27.5 Å². The molecule has 0 aliphatic heterocycles. The Morgan fingerprint density at radius 1 is 1.14 bits per heavy atom. The lowest BCUT2D eigenvalue weighted by Gasteiger charge is -2.33. The normalized spacial score (nSPS) is 15.0. The molecule has 3 rings (SSSR count). The van der Waals surface area contributed by atoms with Crippen LogP contribution in [0.4, 0.5) is 0 Å². The second-order valence-corrected chi connectivity index (χ2v) is 10.8. The zero-order valence-electron chi connectivity index (χ0n) is 20.9. The van der Waals surface area contributed by atoms with Gasteiger partial charge >= 0.3 is 0 Å². The van der Waals surface area contributed by atoms with Crippen molar-refractivity contribution in [2.24, 2.45) is 0 Å². The third-order valence-electron chi connectivity index (χ3n) is 6.61. The SMILES string of the molecule is CC[C@H](C(=O)NC1CCCCC1)N(Cc1ccccc1Cl)C(=O)COc1ccc(C(C)C)cc1Br. The summed E-state index contributed by atoms with van der Waals surface area (Å²) in [4.78, 5) is 28.4. The summed E-state index contributed by atoms with van der Waals surface area (Å²) < 4.78 is 6.71. The van der Waals surface area contributed by atoms with E-state index in [0.29, 0.717) is 23.1 Å². The second kappa shape index (κ2) is 13.3. The Morgan fingerprint density at radius 3 is 2.49 bits per heavy atom. The van der Waals surface area contributed by atoms with Crippen LogP contribution in [0.25, 0.3) is 0 Å². The van der Waals surface area contributed by atoms with Crippen LogP contribution in [0, 0.1) is 0 Å². The van der Waals surface area contributed by atoms with Crippen LogP contribution in [0.3, 0.4) is 0 Å². The van der Waals surface area contributed by atoms with Gasteiger partial charge in [0, 0.05) is 17.6 Å². The number of benzene rings is 2. The van der Waals surface area contributed by atoms with Crippen LogP contribution < -0.4 is 10.1 Å². The molecule has 2 aromatic carbocycles. The van der Waals surface area contributed by atoms with Crippen LogP contribution in [0.2, 0.25) is 5.02 Å². The Balaban J connectivity index is 1.77.